The maximum absolute atomic E-state index is 13.3. The standard InChI is InChI=1S/C23H24N4OS/c1-16-11-12-21-24-17(14-26(21)13-16)15-29-23-25-20-10-6-5-9-19(20)22(28)27(23)18-7-3-2-4-8-18/h5-6,9-14,18H,2-4,7-8,15H2,1H3. The van der Waals surface area contributed by atoms with Gasteiger partial charge in [-0.2, -0.15) is 0 Å². The second-order valence-corrected chi connectivity index (χ2v) is 8.81. The number of thioether (sulfide) groups is 1. The lowest BCUT2D eigenvalue weighted by Gasteiger charge is -2.26. The van der Waals surface area contributed by atoms with Gasteiger partial charge in [0.25, 0.3) is 5.56 Å². The van der Waals surface area contributed by atoms with E-state index in [0.717, 1.165) is 34.9 Å². The van der Waals surface area contributed by atoms with Crippen LogP contribution in [0.1, 0.15) is 49.4 Å². The van der Waals surface area contributed by atoms with Crippen LogP contribution in [-0.4, -0.2) is 18.9 Å². The van der Waals surface area contributed by atoms with Gasteiger partial charge in [0.2, 0.25) is 0 Å². The summed E-state index contributed by atoms with van der Waals surface area (Å²) >= 11 is 1.62. The topological polar surface area (TPSA) is 52.2 Å². The average molecular weight is 405 g/mol. The summed E-state index contributed by atoms with van der Waals surface area (Å²) in [4.78, 5) is 22.9. The smallest absolute Gasteiger partial charge is 0.262 e. The third-order valence-corrected chi connectivity index (χ3v) is 6.70. The highest BCUT2D eigenvalue weighted by molar-refractivity contribution is 7.98. The highest BCUT2D eigenvalue weighted by Crippen LogP contribution is 2.32. The molecule has 1 aliphatic rings. The molecule has 1 saturated carbocycles. The summed E-state index contributed by atoms with van der Waals surface area (Å²) < 4.78 is 4.03. The van der Waals surface area contributed by atoms with Crippen molar-refractivity contribution in [1.29, 1.82) is 0 Å². The molecule has 0 amide bonds. The zero-order chi connectivity index (χ0) is 19.8. The number of aromatic nitrogens is 4. The molecule has 3 heterocycles. The van der Waals surface area contributed by atoms with Gasteiger partial charge in [-0.3, -0.25) is 9.36 Å². The number of benzene rings is 1. The first-order valence-corrected chi connectivity index (χ1v) is 11.3. The predicted octanol–water partition coefficient (Wildman–Crippen LogP) is 5.15. The Bertz CT molecular complexity index is 1240. The minimum atomic E-state index is 0.0932. The molecule has 148 valence electrons. The lowest BCUT2D eigenvalue weighted by Crippen LogP contribution is -2.29. The number of aryl methyl sites for hydroxylation is 1. The fourth-order valence-electron chi connectivity index (χ4n) is 4.25. The van der Waals surface area contributed by atoms with E-state index in [9.17, 15) is 4.79 Å². The van der Waals surface area contributed by atoms with Crippen LogP contribution in [0.5, 0.6) is 0 Å². The van der Waals surface area contributed by atoms with E-state index in [1.54, 1.807) is 11.8 Å². The monoisotopic (exact) mass is 404 g/mol. The Hall–Kier alpha value is -2.60. The predicted molar refractivity (Wildman–Crippen MR) is 118 cm³/mol. The minimum absolute atomic E-state index is 0.0932. The Morgan fingerprint density at radius 1 is 1.03 bits per heavy atom. The van der Waals surface area contributed by atoms with Crippen molar-refractivity contribution >= 4 is 28.3 Å². The Morgan fingerprint density at radius 3 is 2.72 bits per heavy atom. The molecular weight excluding hydrogens is 380 g/mol. The first kappa shape index (κ1) is 18.4. The Labute approximate surface area is 173 Å². The Balaban J connectivity index is 1.52. The second-order valence-electron chi connectivity index (χ2n) is 7.87. The molecule has 0 N–H and O–H groups in total. The van der Waals surface area contributed by atoms with Crippen LogP contribution in [0.3, 0.4) is 0 Å². The summed E-state index contributed by atoms with van der Waals surface area (Å²) in [6.45, 7) is 2.08. The number of hydrogen-bond donors (Lipinski definition) is 0. The molecule has 0 bridgehead atoms. The zero-order valence-corrected chi connectivity index (χ0v) is 17.4. The quantitative estimate of drug-likeness (QED) is 0.349. The SMILES string of the molecule is Cc1ccc2nc(CSc3nc4ccccc4c(=O)n3C3CCCCC3)cn2c1. The lowest BCUT2D eigenvalue weighted by molar-refractivity contribution is 0.326. The van der Waals surface area contributed by atoms with E-state index < -0.39 is 0 Å². The number of rotatable bonds is 4. The van der Waals surface area contributed by atoms with Gasteiger partial charge in [0.1, 0.15) is 5.65 Å². The lowest BCUT2D eigenvalue weighted by atomic mass is 9.95. The molecule has 3 aromatic heterocycles. The number of nitrogens with zero attached hydrogens (tertiary/aromatic N) is 4. The molecule has 0 saturated heterocycles. The van der Waals surface area contributed by atoms with E-state index in [4.69, 9.17) is 9.97 Å². The van der Waals surface area contributed by atoms with Crippen LogP contribution < -0.4 is 5.56 Å². The number of imidazole rings is 1. The van der Waals surface area contributed by atoms with E-state index in [1.807, 2.05) is 34.9 Å². The fourth-order valence-corrected chi connectivity index (χ4v) is 5.20. The van der Waals surface area contributed by atoms with Crippen molar-refractivity contribution in [3.05, 3.63) is 70.4 Å². The van der Waals surface area contributed by atoms with Gasteiger partial charge in [0, 0.05) is 24.2 Å². The molecule has 5 nitrogen and oxygen atoms in total. The van der Waals surface area contributed by atoms with Crippen LogP contribution in [-0.2, 0) is 5.75 Å². The van der Waals surface area contributed by atoms with Crippen molar-refractivity contribution in [1.82, 2.24) is 18.9 Å². The van der Waals surface area contributed by atoms with Crippen LogP contribution >= 0.6 is 11.8 Å². The van der Waals surface area contributed by atoms with Crippen LogP contribution in [0.2, 0.25) is 0 Å². The van der Waals surface area contributed by atoms with Crippen LogP contribution in [0.4, 0.5) is 0 Å². The van der Waals surface area contributed by atoms with Crippen molar-refractivity contribution < 1.29 is 0 Å². The third-order valence-electron chi connectivity index (χ3n) is 5.71. The largest absolute Gasteiger partial charge is 0.307 e. The van der Waals surface area contributed by atoms with Gasteiger partial charge in [-0.15, -0.1) is 0 Å². The number of para-hydroxylation sites is 1. The molecular formula is C23H24N4OS. The second kappa shape index (κ2) is 7.67. The molecule has 1 aliphatic carbocycles. The molecule has 0 aliphatic heterocycles. The van der Waals surface area contributed by atoms with Crippen molar-refractivity contribution in [2.75, 3.05) is 0 Å². The van der Waals surface area contributed by atoms with Crippen molar-refractivity contribution in [3.8, 4) is 0 Å². The van der Waals surface area contributed by atoms with Gasteiger partial charge in [0.05, 0.1) is 16.6 Å². The summed E-state index contributed by atoms with van der Waals surface area (Å²) in [6.07, 6.45) is 9.89. The van der Waals surface area contributed by atoms with Gasteiger partial charge in [-0.25, -0.2) is 9.97 Å². The third kappa shape index (κ3) is 3.57. The molecule has 1 aromatic carbocycles. The maximum atomic E-state index is 13.3. The molecule has 6 heteroatoms. The van der Waals surface area contributed by atoms with E-state index in [-0.39, 0.29) is 11.6 Å². The average Bonchev–Trinajstić information content (AvgIpc) is 3.15. The first-order chi connectivity index (χ1) is 14.2. The molecule has 1 fully saturated rings. The van der Waals surface area contributed by atoms with Gasteiger partial charge in [-0.1, -0.05) is 49.2 Å². The number of pyridine rings is 1. The van der Waals surface area contributed by atoms with E-state index in [0.29, 0.717) is 11.1 Å². The fraction of sp³-hybridized carbons (Fsp3) is 0.348. The van der Waals surface area contributed by atoms with E-state index in [2.05, 4.69) is 29.8 Å². The van der Waals surface area contributed by atoms with Crippen LogP contribution in [0.25, 0.3) is 16.6 Å². The Kier molecular flexibility index (Phi) is 4.87. The normalized spacial score (nSPS) is 15.3. The highest BCUT2D eigenvalue weighted by atomic mass is 32.2. The number of fused-ring (bicyclic) bond motifs is 2. The first-order valence-electron chi connectivity index (χ1n) is 10.3. The maximum Gasteiger partial charge on any atom is 0.262 e. The summed E-state index contributed by atoms with van der Waals surface area (Å²) in [5, 5.41) is 1.53. The minimum Gasteiger partial charge on any atom is -0.307 e. The molecule has 0 radical (unpaired) electrons. The molecule has 5 rings (SSSR count). The number of hydrogen-bond acceptors (Lipinski definition) is 4. The van der Waals surface area contributed by atoms with Crippen LogP contribution in [0.15, 0.2) is 58.7 Å². The summed E-state index contributed by atoms with van der Waals surface area (Å²) in [5.74, 6) is 0.693. The Morgan fingerprint density at radius 2 is 1.86 bits per heavy atom. The van der Waals surface area contributed by atoms with Crippen molar-refractivity contribution in [2.24, 2.45) is 0 Å². The molecule has 0 unspecified atom stereocenters. The highest BCUT2D eigenvalue weighted by Gasteiger charge is 2.22. The molecule has 0 atom stereocenters. The van der Waals surface area contributed by atoms with E-state index >= 15 is 0 Å². The summed E-state index contributed by atoms with van der Waals surface area (Å²) in [6, 6.07) is 12.0. The van der Waals surface area contributed by atoms with Gasteiger partial charge >= 0.3 is 0 Å². The summed E-state index contributed by atoms with van der Waals surface area (Å²) in [5.41, 5.74) is 4.02. The van der Waals surface area contributed by atoms with Gasteiger partial charge in [0.15, 0.2) is 5.16 Å². The van der Waals surface area contributed by atoms with Crippen LogP contribution in [0, 0.1) is 6.92 Å². The van der Waals surface area contributed by atoms with Crippen molar-refractivity contribution in [2.45, 2.75) is 56.0 Å². The molecule has 29 heavy (non-hydrogen) atoms. The summed E-state index contributed by atoms with van der Waals surface area (Å²) in [7, 11) is 0. The van der Waals surface area contributed by atoms with E-state index in [1.165, 1.54) is 24.8 Å². The molecule has 0 spiro atoms. The molecule has 4 aromatic rings. The van der Waals surface area contributed by atoms with Gasteiger partial charge in [-0.05, 0) is 43.5 Å². The van der Waals surface area contributed by atoms with Crippen molar-refractivity contribution in [3.63, 3.8) is 0 Å². The van der Waals surface area contributed by atoms with Gasteiger partial charge < -0.3 is 4.40 Å². The zero-order valence-electron chi connectivity index (χ0n) is 16.5.